The summed E-state index contributed by atoms with van der Waals surface area (Å²) in [5, 5.41) is 3.19. The molecule has 0 aliphatic rings. The first-order chi connectivity index (χ1) is 12.8. The number of hydrogen-bond donors (Lipinski definition) is 1. The molecule has 0 aliphatic heterocycles. The number of methoxy groups -OCH3 is 2. The zero-order chi connectivity index (χ0) is 20.1. The minimum Gasteiger partial charge on any atom is -0.496 e. The van der Waals surface area contributed by atoms with Crippen LogP contribution in [0.5, 0.6) is 11.5 Å². The summed E-state index contributed by atoms with van der Waals surface area (Å²) in [6.07, 6.45) is 0.809. The van der Waals surface area contributed by atoms with Crippen LogP contribution in [-0.4, -0.2) is 20.1 Å². The molecule has 4 nitrogen and oxygen atoms in total. The van der Waals surface area contributed by atoms with E-state index in [2.05, 4.69) is 32.2 Å². The van der Waals surface area contributed by atoms with E-state index in [4.69, 9.17) is 9.47 Å². The van der Waals surface area contributed by atoms with Crippen molar-refractivity contribution in [3.63, 3.8) is 0 Å². The number of carbonyl (C=O) groups excluding carboxylic acids is 1. The van der Waals surface area contributed by atoms with E-state index < -0.39 is 0 Å². The van der Waals surface area contributed by atoms with E-state index in [0.29, 0.717) is 5.56 Å². The molecule has 0 aliphatic carbocycles. The topological polar surface area (TPSA) is 47.6 Å². The second kappa shape index (κ2) is 8.94. The Labute approximate surface area is 162 Å². The van der Waals surface area contributed by atoms with Crippen LogP contribution in [0.3, 0.4) is 0 Å². The van der Waals surface area contributed by atoms with Gasteiger partial charge in [0.15, 0.2) is 0 Å². The van der Waals surface area contributed by atoms with E-state index in [9.17, 15) is 4.79 Å². The first-order valence-electron chi connectivity index (χ1n) is 9.46. The van der Waals surface area contributed by atoms with Gasteiger partial charge in [-0.05, 0) is 66.6 Å². The molecule has 0 saturated carbocycles. The number of carbonyl (C=O) groups is 1. The number of nitrogens with one attached hydrogen (secondary N) is 1. The van der Waals surface area contributed by atoms with Crippen molar-refractivity contribution < 1.29 is 14.3 Å². The van der Waals surface area contributed by atoms with Crippen LogP contribution in [0.2, 0.25) is 0 Å². The van der Waals surface area contributed by atoms with Crippen LogP contribution in [0.15, 0.2) is 30.3 Å². The molecule has 0 spiro atoms. The highest BCUT2D eigenvalue weighted by Crippen LogP contribution is 2.30. The summed E-state index contributed by atoms with van der Waals surface area (Å²) < 4.78 is 10.8. The van der Waals surface area contributed by atoms with Crippen molar-refractivity contribution in [2.24, 2.45) is 0 Å². The van der Waals surface area contributed by atoms with Gasteiger partial charge in [0.05, 0.1) is 20.3 Å². The molecule has 0 unspecified atom stereocenters. The fourth-order valence-electron chi connectivity index (χ4n) is 3.35. The number of ether oxygens (including phenoxy) is 2. The first-order valence-corrected chi connectivity index (χ1v) is 9.46. The zero-order valence-corrected chi connectivity index (χ0v) is 17.5. The van der Waals surface area contributed by atoms with E-state index in [0.717, 1.165) is 40.2 Å². The Morgan fingerprint density at radius 1 is 1.00 bits per heavy atom. The minimum atomic E-state index is -0.0580. The molecule has 1 atom stereocenters. The van der Waals surface area contributed by atoms with E-state index in [1.807, 2.05) is 38.1 Å². The maximum absolute atomic E-state index is 13.0. The summed E-state index contributed by atoms with van der Waals surface area (Å²) in [6.45, 7) is 10.2. The highest BCUT2D eigenvalue weighted by atomic mass is 16.5. The van der Waals surface area contributed by atoms with Crippen LogP contribution >= 0.6 is 0 Å². The summed E-state index contributed by atoms with van der Waals surface area (Å²) in [7, 11) is 3.33. The van der Waals surface area contributed by atoms with Gasteiger partial charge in [-0.3, -0.25) is 4.79 Å². The standard InChI is InChI=1S/C23H31NO3/c1-8-20(17-9-10-21(26-6)16(5)11-17)24-23(25)19-13-18(14(2)3)22(27-7)12-15(19)4/h9-14,20H,8H2,1-7H3,(H,24,25)/t20-/m0/s1. The molecule has 2 rings (SSSR count). The molecule has 1 amide bonds. The van der Waals surface area contributed by atoms with Crippen LogP contribution in [0, 0.1) is 13.8 Å². The SMILES string of the molecule is CC[C@H](NC(=O)c1cc(C(C)C)c(OC)cc1C)c1ccc(OC)c(C)c1. The fourth-order valence-corrected chi connectivity index (χ4v) is 3.35. The highest BCUT2D eigenvalue weighted by molar-refractivity contribution is 5.96. The lowest BCUT2D eigenvalue weighted by molar-refractivity contribution is 0.0935. The number of aryl methyl sites for hydroxylation is 2. The molecule has 2 aromatic carbocycles. The number of hydrogen-bond acceptors (Lipinski definition) is 3. The van der Waals surface area contributed by atoms with E-state index >= 15 is 0 Å². The van der Waals surface area contributed by atoms with Gasteiger partial charge in [0.1, 0.15) is 11.5 Å². The van der Waals surface area contributed by atoms with Crippen LogP contribution in [0.1, 0.15) is 71.8 Å². The maximum Gasteiger partial charge on any atom is 0.252 e. The monoisotopic (exact) mass is 369 g/mol. The van der Waals surface area contributed by atoms with Crippen molar-refractivity contribution in [1.29, 1.82) is 0 Å². The van der Waals surface area contributed by atoms with Crippen molar-refractivity contribution in [3.8, 4) is 11.5 Å². The molecular weight excluding hydrogens is 338 g/mol. The quantitative estimate of drug-likeness (QED) is 0.718. The summed E-state index contributed by atoms with van der Waals surface area (Å²) >= 11 is 0. The predicted octanol–water partition coefficient (Wildman–Crippen LogP) is 5.33. The Bertz CT molecular complexity index is 812. The molecular formula is C23H31NO3. The average molecular weight is 370 g/mol. The summed E-state index contributed by atoms with van der Waals surface area (Å²) in [5.74, 6) is 1.90. The molecule has 0 radical (unpaired) electrons. The van der Waals surface area contributed by atoms with Gasteiger partial charge in [-0.15, -0.1) is 0 Å². The van der Waals surface area contributed by atoms with Crippen molar-refractivity contribution in [1.82, 2.24) is 5.32 Å². The molecule has 4 heteroatoms. The third-order valence-electron chi connectivity index (χ3n) is 4.98. The summed E-state index contributed by atoms with van der Waals surface area (Å²) in [6, 6.07) is 9.90. The lowest BCUT2D eigenvalue weighted by atomic mass is 9.95. The van der Waals surface area contributed by atoms with Crippen LogP contribution in [-0.2, 0) is 0 Å². The van der Waals surface area contributed by atoms with Crippen molar-refractivity contribution in [2.45, 2.75) is 53.0 Å². The lowest BCUT2D eigenvalue weighted by Gasteiger charge is -2.21. The van der Waals surface area contributed by atoms with Crippen molar-refractivity contribution >= 4 is 5.91 Å². The predicted molar refractivity (Wildman–Crippen MR) is 110 cm³/mol. The van der Waals surface area contributed by atoms with Gasteiger partial charge >= 0.3 is 0 Å². The van der Waals surface area contributed by atoms with Crippen LogP contribution < -0.4 is 14.8 Å². The Morgan fingerprint density at radius 3 is 2.19 bits per heavy atom. The number of amides is 1. The van der Waals surface area contributed by atoms with E-state index in [1.165, 1.54) is 0 Å². The molecule has 1 N–H and O–H groups in total. The Morgan fingerprint density at radius 2 is 1.67 bits per heavy atom. The second-order valence-corrected chi connectivity index (χ2v) is 7.23. The Balaban J connectivity index is 2.32. The fraction of sp³-hybridized carbons (Fsp3) is 0.435. The molecule has 0 bridgehead atoms. The molecule has 146 valence electrons. The van der Waals surface area contributed by atoms with E-state index in [-0.39, 0.29) is 17.9 Å². The highest BCUT2D eigenvalue weighted by Gasteiger charge is 2.19. The normalized spacial score (nSPS) is 12.0. The van der Waals surface area contributed by atoms with E-state index in [1.54, 1.807) is 14.2 Å². The maximum atomic E-state index is 13.0. The minimum absolute atomic E-state index is 0.0499. The second-order valence-electron chi connectivity index (χ2n) is 7.23. The van der Waals surface area contributed by atoms with Gasteiger partial charge in [-0.2, -0.15) is 0 Å². The molecule has 0 heterocycles. The largest absolute Gasteiger partial charge is 0.496 e. The van der Waals surface area contributed by atoms with Crippen LogP contribution in [0.4, 0.5) is 0 Å². The molecule has 0 fully saturated rings. The zero-order valence-electron chi connectivity index (χ0n) is 17.5. The molecule has 2 aromatic rings. The van der Waals surface area contributed by atoms with Gasteiger partial charge in [0.2, 0.25) is 0 Å². The summed E-state index contributed by atoms with van der Waals surface area (Å²) in [4.78, 5) is 13.0. The third-order valence-corrected chi connectivity index (χ3v) is 4.98. The smallest absolute Gasteiger partial charge is 0.252 e. The molecule has 0 aromatic heterocycles. The van der Waals surface area contributed by atoms with Gasteiger partial charge in [0, 0.05) is 5.56 Å². The van der Waals surface area contributed by atoms with Crippen LogP contribution in [0.25, 0.3) is 0 Å². The third kappa shape index (κ3) is 4.62. The number of rotatable bonds is 7. The summed E-state index contributed by atoms with van der Waals surface area (Å²) in [5.41, 5.74) is 4.80. The van der Waals surface area contributed by atoms with Gasteiger partial charge in [-0.1, -0.05) is 32.9 Å². The van der Waals surface area contributed by atoms with Gasteiger partial charge in [-0.25, -0.2) is 0 Å². The van der Waals surface area contributed by atoms with Gasteiger partial charge in [0.25, 0.3) is 5.91 Å². The lowest BCUT2D eigenvalue weighted by Crippen LogP contribution is -2.29. The van der Waals surface area contributed by atoms with Gasteiger partial charge < -0.3 is 14.8 Å². The molecule has 0 saturated heterocycles. The Hall–Kier alpha value is -2.49. The molecule has 27 heavy (non-hydrogen) atoms. The van der Waals surface area contributed by atoms with Crippen molar-refractivity contribution in [2.75, 3.05) is 14.2 Å². The number of benzene rings is 2. The Kier molecular flexibility index (Phi) is 6.89. The van der Waals surface area contributed by atoms with Crippen molar-refractivity contribution in [3.05, 3.63) is 58.1 Å². The first kappa shape index (κ1) is 20.8. The average Bonchev–Trinajstić information content (AvgIpc) is 2.65.